The van der Waals surface area contributed by atoms with E-state index in [0.29, 0.717) is 48.7 Å². The number of piperazine rings is 1. The molecule has 9 rings (SSSR count). The number of fused-ring (bicyclic) bond motifs is 2. The molecule has 316 valence electrons. The largest absolute Gasteiger partial charge is 0.378 e. The number of nitrogens with one attached hydrogen (secondary N) is 2. The van der Waals surface area contributed by atoms with Crippen LogP contribution in [0.5, 0.6) is 0 Å². The standard InChI is InChI=1S/C44H46ClN9O6S/c1-44(2)13-11-31(36(26-44)29-3-5-32(45)6-4-29)28-50-15-17-51(18-16-50)33-7-9-35(39(24-33)53-40-23-30-12-14-46-42(30)48-37(40)27-47-53)43(55)49-61(58,59)34-8-10-38(41(25-34)54(56)57)52-19-21-60-22-20-52/h3-10,12,14,23-25,27H,11,13,15-22,26,28H2,1-2H3,(H,46,48)(H,49,55). The lowest BCUT2D eigenvalue weighted by molar-refractivity contribution is -0.384. The fourth-order valence-corrected chi connectivity index (χ4v) is 9.83. The van der Waals surface area contributed by atoms with Gasteiger partial charge in [-0.1, -0.05) is 43.2 Å². The summed E-state index contributed by atoms with van der Waals surface area (Å²) in [6.45, 7) is 10.3. The van der Waals surface area contributed by atoms with Gasteiger partial charge in [-0.3, -0.25) is 19.8 Å². The molecule has 2 aliphatic heterocycles. The Morgan fingerprint density at radius 3 is 2.48 bits per heavy atom. The van der Waals surface area contributed by atoms with Crippen LogP contribution < -0.4 is 14.5 Å². The topological polar surface area (TPSA) is 172 Å². The van der Waals surface area contributed by atoms with E-state index in [4.69, 9.17) is 21.3 Å². The number of hydrogen-bond acceptors (Lipinski definition) is 11. The highest BCUT2D eigenvalue weighted by Gasteiger charge is 2.31. The van der Waals surface area contributed by atoms with Gasteiger partial charge in [0.25, 0.3) is 21.6 Å². The predicted octanol–water partition coefficient (Wildman–Crippen LogP) is 7.20. The van der Waals surface area contributed by atoms with Crippen LogP contribution in [-0.2, 0) is 14.8 Å². The first kappa shape index (κ1) is 40.6. The number of morpholine rings is 1. The lowest BCUT2D eigenvalue weighted by Gasteiger charge is -2.39. The van der Waals surface area contributed by atoms with Crippen molar-refractivity contribution >= 4 is 72.2 Å². The molecule has 0 saturated carbocycles. The maximum atomic E-state index is 14.2. The van der Waals surface area contributed by atoms with E-state index in [1.807, 2.05) is 36.4 Å². The summed E-state index contributed by atoms with van der Waals surface area (Å²) < 4.78 is 36.8. The molecular weight excluding hydrogens is 818 g/mol. The normalized spacial score (nSPS) is 17.6. The first-order valence-electron chi connectivity index (χ1n) is 20.4. The van der Waals surface area contributed by atoms with Crippen LogP contribution in [0.25, 0.3) is 33.3 Å². The number of aromatic amines is 1. The Kier molecular flexibility index (Phi) is 10.8. The molecule has 0 unspecified atom stereocenters. The maximum Gasteiger partial charge on any atom is 0.293 e. The van der Waals surface area contributed by atoms with E-state index in [1.54, 1.807) is 28.0 Å². The number of nitrogens with zero attached hydrogens (tertiary/aromatic N) is 7. The average Bonchev–Trinajstić information content (AvgIpc) is 3.90. The zero-order chi connectivity index (χ0) is 42.5. The van der Waals surface area contributed by atoms with Gasteiger partial charge in [-0.15, -0.1) is 0 Å². The Bertz CT molecular complexity index is 2810. The van der Waals surface area contributed by atoms with E-state index in [-0.39, 0.29) is 22.4 Å². The average molecular weight is 864 g/mol. The number of anilines is 2. The molecule has 3 aliphatic rings. The smallest absolute Gasteiger partial charge is 0.293 e. The molecule has 0 bridgehead atoms. The molecule has 2 fully saturated rings. The van der Waals surface area contributed by atoms with E-state index in [1.165, 1.54) is 28.8 Å². The Balaban J connectivity index is 0.998. The van der Waals surface area contributed by atoms with E-state index in [0.717, 1.165) is 74.1 Å². The van der Waals surface area contributed by atoms with Gasteiger partial charge in [0, 0.05) is 74.2 Å². The molecule has 17 heteroatoms. The Labute approximate surface area is 358 Å². The van der Waals surface area contributed by atoms with Crippen molar-refractivity contribution in [2.24, 2.45) is 5.41 Å². The van der Waals surface area contributed by atoms with Crippen LogP contribution in [0.2, 0.25) is 5.02 Å². The van der Waals surface area contributed by atoms with Gasteiger partial charge in [-0.05, 0) is 90.4 Å². The van der Waals surface area contributed by atoms with Gasteiger partial charge in [0.05, 0.1) is 46.0 Å². The number of H-pyrrole nitrogens is 1. The highest BCUT2D eigenvalue weighted by atomic mass is 35.5. The second-order valence-corrected chi connectivity index (χ2v) is 18.8. The summed E-state index contributed by atoms with van der Waals surface area (Å²) in [5.74, 6) is -0.911. The molecule has 1 aliphatic carbocycles. The maximum absolute atomic E-state index is 14.2. The molecule has 0 atom stereocenters. The van der Waals surface area contributed by atoms with Crippen LogP contribution in [0.15, 0.2) is 95.7 Å². The first-order chi connectivity index (χ1) is 29.3. The SMILES string of the molecule is CC1(C)CCC(CN2CCN(c3ccc(C(=O)NS(=O)(=O)c4ccc(N5CCOCC5)c([N+](=O)[O-])c4)c(-n4ncc5nc6[nH]ccc6cc54)c3)CC2)=C(c2ccc(Cl)cc2)C1. The molecule has 0 radical (unpaired) electrons. The van der Waals surface area contributed by atoms with Gasteiger partial charge in [0.2, 0.25) is 0 Å². The van der Waals surface area contributed by atoms with Crippen molar-refractivity contribution in [1.82, 2.24) is 29.4 Å². The zero-order valence-corrected chi connectivity index (χ0v) is 35.5. The summed E-state index contributed by atoms with van der Waals surface area (Å²) >= 11 is 6.25. The number of rotatable bonds is 10. The number of benzene rings is 3. The Morgan fingerprint density at radius 1 is 0.951 bits per heavy atom. The summed E-state index contributed by atoms with van der Waals surface area (Å²) in [7, 11) is -4.56. The third kappa shape index (κ3) is 8.32. The van der Waals surface area contributed by atoms with E-state index in [9.17, 15) is 23.3 Å². The van der Waals surface area contributed by atoms with Crippen molar-refractivity contribution in [1.29, 1.82) is 0 Å². The molecule has 1 amide bonds. The molecule has 3 aromatic carbocycles. The highest BCUT2D eigenvalue weighted by molar-refractivity contribution is 7.90. The Hall–Kier alpha value is -5.81. The summed E-state index contributed by atoms with van der Waals surface area (Å²) in [4.78, 5) is 39.6. The lowest BCUT2D eigenvalue weighted by Crippen LogP contribution is -2.47. The van der Waals surface area contributed by atoms with Crippen LogP contribution in [0.3, 0.4) is 0 Å². The zero-order valence-electron chi connectivity index (χ0n) is 33.9. The van der Waals surface area contributed by atoms with Crippen molar-refractivity contribution in [3.8, 4) is 5.69 Å². The molecule has 61 heavy (non-hydrogen) atoms. The Morgan fingerprint density at radius 2 is 1.72 bits per heavy atom. The summed E-state index contributed by atoms with van der Waals surface area (Å²) in [6.07, 6.45) is 6.60. The van der Waals surface area contributed by atoms with Gasteiger partial charge in [0.15, 0.2) is 0 Å². The van der Waals surface area contributed by atoms with Gasteiger partial charge in [0.1, 0.15) is 16.9 Å². The van der Waals surface area contributed by atoms with Crippen molar-refractivity contribution in [2.45, 2.75) is 38.0 Å². The third-order valence-electron chi connectivity index (χ3n) is 12.1. The minimum atomic E-state index is -4.56. The van der Waals surface area contributed by atoms with E-state index in [2.05, 4.69) is 50.6 Å². The molecule has 15 nitrogen and oxygen atoms in total. The second kappa shape index (κ2) is 16.2. The molecule has 2 saturated heterocycles. The molecule has 0 spiro atoms. The quantitative estimate of drug-likeness (QED) is 0.105. The number of allylic oxidation sites excluding steroid dienone is 1. The summed E-state index contributed by atoms with van der Waals surface area (Å²) in [5.41, 5.74) is 7.40. The van der Waals surface area contributed by atoms with Crippen LogP contribution in [-0.4, -0.2) is 103 Å². The highest BCUT2D eigenvalue weighted by Crippen LogP contribution is 2.43. The van der Waals surface area contributed by atoms with Crippen molar-refractivity contribution in [3.63, 3.8) is 0 Å². The fraction of sp³-hybridized carbons (Fsp3) is 0.341. The number of nitro benzene ring substituents is 1. The minimum absolute atomic E-state index is 0.0476. The van der Waals surface area contributed by atoms with Crippen molar-refractivity contribution < 1.29 is 22.9 Å². The predicted molar refractivity (Wildman–Crippen MR) is 236 cm³/mol. The number of ether oxygens (including phenoxy) is 1. The van der Waals surface area contributed by atoms with Crippen molar-refractivity contribution in [3.05, 3.63) is 117 Å². The van der Waals surface area contributed by atoms with Crippen LogP contribution in [0.4, 0.5) is 17.1 Å². The molecule has 2 N–H and O–H groups in total. The summed E-state index contributed by atoms with van der Waals surface area (Å²) in [6, 6.07) is 20.9. The third-order valence-corrected chi connectivity index (χ3v) is 13.7. The van der Waals surface area contributed by atoms with Crippen molar-refractivity contribution in [2.75, 3.05) is 68.8 Å². The van der Waals surface area contributed by atoms with Gasteiger partial charge in [-0.2, -0.15) is 5.10 Å². The minimum Gasteiger partial charge on any atom is -0.378 e. The second-order valence-electron chi connectivity index (χ2n) is 16.7. The molecule has 5 heterocycles. The number of carbonyl (C=O) groups is 1. The fourth-order valence-electron chi connectivity index (χ4n) is 8.72. The molecule has 6 aromatic rings. The van der Waals surface area contributed by atoms with E-state index < -0.39 is 25.7 Å². The van der Waals surface area contributed by atoms with Gasteiger partial charge >= 0.3 is 0 Å². The van der Waals surface area contributed by atoms with E-state index >= 15 is 0 Å². The number of sulfonamides is 1. The number of nitro groups is 1. The lowest BCUT2D eigenvalue weighted by atomic mass is 9.72. The number of amides is 1. The van der Waals surface area contributed by atoms with Crippen LogP contribution >= 0.6 is 11.6 Å². The number of hydrogen-bond donors (Lipinski definition) is 2. The number of halogens is 1. The number of carbonyl (C=O) groups excluding carboxylic acids is 1. The van der Waals surface area contributed by atoms with Crippen LogP contribution in [0, 0.1) is 15.5 Å². The molecule has 3 aromatic heterocycles. The number of aromatic nitrogens is 4. The summed E-state index contributed by atoms with van der Waals surface area (Å²) in [5, 5.41) is 18.4. The first-order valence-corrected chi connectivity index (χ1v) is 22.3. The molecular formula is C44H46ClN9O6S. The monoisotopic (exact) mass is 863 g/mol. The number of pyridine rings is 1. The van der Waals surface area contributed by atoms with Gasteiger partial charge < -0.3 is 19.5 Å². The van der Waals surface area contributed by atoms with Crippen LogP contribution in [0.1, 0.15) is 49.0 Å². The van der Waals surface area contributed by atoms with Gasteiger partial charge in [-0.25, -0.2) is 22.8 Å².